The zero-order chi connectivity index (χ0) is 10.7. The molecule has 1 aromatic carbocycles. The molecule has 0 aliphatic heterocycles. The second-order valence-corrected chi connectivity index (χ2v) is 3.97. The van der Waals surface area contributed by atoms with E-state index in [9.17, 15) is 8.78 Å². The van der Waals surface area contributed by atoms with Gasteiger partial charge in [-0.3, -0.25) is 0 Å². The van der Waals surface area contributed by atoms with E-state index in [0.29, 0.717) is 16.7 Å². The molecule has 2 rings (SSSR count). The van der Waals surface area contributed by atoms with Gasteiger partial charge in [-0.25, -0.2) is 0 Å². The van der Waals surface area contributed by atoms with Gasteiger partial charge in [0.05, 0.1) is 5.69 Å². The van der Waals surface area contributed by atoms with Gasteiger partial charge in [-0.05, 0) is 24.3 Å². The predicted molar refractivity (Wildman–Crippen MR) is 57.6 cm³/mol. The van der Waals surface area contributed by atoms with E-state index in [1.807, 2.05) is 41.2 Å². The standard InChI is InChI=1S/C11H9F2NS/c12-11(13)15-10-6-2-1-5-9(10)14-7-3-4-8-14/h1-8,11H. The molecule has 78 valence electrons. The van der Waals surface area contributed by atoms with E-state index in [4.69, 9.17) is 0 Å². The number of benzene rings is 1. The molecule has 1 aromatic heterocycles. The zero-order valence-corrected chi connectivity index (χ0v) is 8.62. The van der Waals surface area contributed by atoms with Crippen LogP contribution in [0, 0.1) is 0 Å². The van der Waals surface area contributed by atoms with Gasteiger partial charge in [0.1, 0.15) is 0 Å². The van der Waals surface area contributed by atoms with Gasteiger partial charge >= 0.3 is 0 Å². The van der Waals surface area contributed by atoms with Crippen LogP contribution in [0.3, 0.4) is 0 Å². The second-order valence-electron chi connectivity index (χ2n) is 2.94. The number of hydrogen-bond acceptors (Lipinski definition) is 1. The van der Waals surface area contributed by atoms with Crippen molar-refractivity contribution < 1.29 is 8.78 Å². The Kier molecular flexibility index (Phi) is 3.06. The van der Waals surface area contributed by atoms with Crippen molar-refractivity contribution in [2.45, 2.75) is 10.7 Å². The molecule has 0 aliphatic rings. The molecule has 0 amide bonds. The van der Waals surface area contributed by atoms with Gasteiger partial charge in [-0.2, -0.15) is 8.78 Å². The molecule has 0 N–H and O–H groups in total. The van der Waals surface area contributed by atoms with Crippen LogP contribution in [0.25, 0.3) is 5.69 Å². The van der Waals surface area contributed by atoms with Crippen LogP contribution < -0.4 is 0 Å². The van der Waals surface area contributed by atoms with Crippen molar-refractivity contribution in [3.63, 3.8) is 0 Å². The molecular formula is C11H9F2NS. The van der Waals surface area contributed by atoms with Crippen molar-refractivity contribution in [3.05, 3.63) is 48.8 Å². The molecule has 0 saturated heterocycles. The average molecular weight is 225 g/mol. The molecule has 0 atom stereocenters. The lowest BCUT2D eigenvalue weighted by Crippen LogP contribution is -1.93. The smallest absolute Gasteiger partial charge is 0.288 e. The summed E-state index contributed by atoms with van der Waals surface area (Å²) in [5.41, 5.74) is 0.785. The molecule has 1 nitrogen and oxygen atoms in total. The van der Waals surface area contributed by atoms with Gasteiger partial charge in [0, 0.05) is 17.3 Å². The van der Waals surface area contributed by atoms with Gasteiger partial charge < -0.3 is 4.57 Å². The van der Waals surface area contributed by atoms with Crippen molar-refractivity contribution in [2.24, 2.45) is 0 Å². The van der Waals surface area contributed by atoms with Gasteiger partial charge in [0.15, 0.2) is 0 Å². The van der Waals surface area contributed by atoms with E-state index >= 15 is 0 Å². The van der Waals surface area contributed by atoms with E-state index < -0.39 is 5.76 Å². The lowest BCUT2D eigenvalue weighted by atomic mass is 10.3. The summed E-state index contributed by atoms with van der Waals surface area (Å²) in [4.78, 5) is 0.587. The minimum absolute atomic E-state index is 0.569. The first-order valence-corrected chi connectivity index (χ1v) is 5.32. The first kappa shape index (κ1) is 10.2. The summed E-state index contributed by atoms with van der Waals surface area (Å²) >= 11 is 0.569. The van der Waals surface area contributed by atoms with Crippen LogP contribution in [0.1, 0.15) is 0 Å². The summed E-state index contributed by atoms with van der Waals surface area (Å²) in [5, 5.41) is 0. The number of hydrogen-bond donors (Lipinski definition) is 0. The molecule has 0 fully saturated rings. The number of aromatic nitrogens is 1. The lowest BCUT2D eigenvalue weighted by Gasteiger charge is -2.09. The Morgan fingerprint density at radius 1 is 1.00 bits per heavy atom. The molecular weight excluding hydrogens is 216 g/mol. The van der Waals surface area contributed by atoms with Gasteiger partial charge in [0.25, 0.3) is 5.76 Å². The fraction of sp³-hybridized carbons (Fsp3) is 0.0909. The third-order valence-corrected chi connectivity index (χ3v) is 2.74. The highest BCUT2D eigenvalue weighted by Crippen LogP contribution is 2.30. The summed E-state index contributed by atoms with van der Waals surface area (Å²) in [6, 6.07) is 10.9. The Morgan fingerprint density at radius 3 is 2.33 bits per heavy atom. The highest BCUT2D eigenvalue weighted by molar-refractivity contribution is 7.99. The van der Waals surface area contributed by atoms with Crippen LogP contribution in [0.5, 0.6) is 0 Å². The summed E-state index contributed by atoms with van der Waals surface area (Å²) in [5.74, 6) is -2.39. The molecule has 0 bridgehead atoms. The molecule has 1 heterocycles. The molecule has 0 saturated carbocycles. The van der Waals surface area contributed by atoms with Crippen molar-refractivity contribution in [1.29, 1.82) is 0 Å². The number of alkyl halides is 2. The fourth-order valence-electron chi connectivity index (χ4n) is 1.36. The monoisotopic (exact) mass is 225 g/mol. The molecule has 0 unspecified atom stereocenters. The fourth-order valence-corrected chi connectivity index (χ4v) is 2.00. The van der Waals surface area contributed by atoms with Gasteiger partial charge in [-0.15, -0.1) is 0 Å². The normalized spacial score (nSPS) is 10.9. The van der Waals surface area contributed by atoms with Crippen molar-refractivity contribution in [2.75, 3.05) is 0 Å². The Labute approximate surface area is 90.7 Å². The Bertz CT molecular complexity index is 426. The van der Waals surface area contributed by atoms with E-state index in [-0.39, 0.29) is 0 Å². The topological polar surface area (TPSA) is 4.93 Å². The first-order chi connectivity index (χ1) is 7.27. The van der Waals surface area contributed by atoms with Crippen LogP contribution in [-0.4, -0.2) is 10.3 Å². The largest absolute Gasteiger partial charge is 0.323 e. The molecule has 0 radical (unpaired) electrons. The van der Waals surface area contributed by atoms with Crippen molar-refractivity contribution >= 4 is 11.8 Å². The number of nitrogens with zero attached hydrogens (tertiary/aromatic N) is 1. The molecule has 15 heavy (non-hydrogen) atoms. The number of halogens is 2. The quantitative estimate of drug-likeness (QED) is 0.719. The maximum Gasteiger partial charge on any atom is 0.288 e. The Balaban J connectivity index is 2.38. The highest BCUT2D eigenvalue weighted by Gasteiger charge is 2.09. The minimum Gasteiger partial charge on any atom is -0.323 e. The van der Waals surface area contributed by atoms with E-state index in [0.717, 1.165) is 5.69 Å². The van der Waals surface area contributed by atoms with Crippen LogP contribution in [0.2, 0.25) is 0 Å². The number of rotatable bonds is 3. The maximum absolute atomic E-state index is 12.3. The Hall–Kier alpha value is -1.29. The highest BCUT2D eigenvalue weighted by atomic mass is 32.2. The predicted octanol–water partition coefficient (Wildman–Crippen LogP) is 3.79. The summed E-state index contributed by atoms with van der Waals surface area (Å²) in [7, 11) is 0. The van der Waals surface area contributed by atoms with Crippen molar-refractivity contribution in [1.82, 2.24) is 4.57 Å². The second kappa shape index (κ2) is 4.49. The lowest BCUT2D eigenvalue weighted by molar-refractivity contribution is 0.252. The Morgan fingerprint density at radius 2 is 1.67 bits per heavy atom. The third-order valence-electron chi connectivity index (χ3n) is 1.96. The van der Waals surface area contributed by atoms with Crippen LogP contribution in [-0.2, 0) is 0 Å². The molecule has 0 spiro atoms. The molecule has 2 aromatic rings. The maximum atomic E-state index is 12.3. The van der Waals surface area contributed by atoms with E-state index in [2.05, 4.69) is 0 Å². The SMILES string of the molecule is FC(F)Sc1ccccc1-n1cccc1. The van der Waals surface area contributed by atoms with Crippen LogP contribution >= 0.6 is 11.8 Å². The summed E-state index contributed by atoms with van der Waals surface area (Å²) in [6.45, 7) is 0. The van der Waals surface area contributed by atoms with Crippen LogP contribution in [0.15, 0.2) is 53.7 Å². The summed E-state index contributed by atoms with van der Waals surface area (Å²) < 4.78 is 26.4. The first-order valence-electron chi connectivity index (χ1n) is 4.44. The van der Waals surface area contributed by atoms with Gasteiger partial charge in [-0.1, -0.05) is 23.9 Å². The number of para-hydroxylation sites is 1. The third kappa shape index (κ3) is 2.39. The molecule has 4 heteroatoms. The zero-order valence-electron chi connectivity index (χ0n) is 7.81. The van der Waals surface area contributed by atoms with E-state index in [1.165, 1.54) is 0 Å². The average Bonchev–Trinajstić information content (AvgIpc) is 2.70. The molecule has 0 aliphatic carbocycles. The van der Waals surface area contributed by atoms with Gasteiger partial charge in [0.2, 0.25) is 0 Å². The minimum atomic E-state index is -2.39. The van der Waals surface area contributed by atoms with Crippen LogP contribution in [0.4, 0.5) is 8.78 Å². The number of thioether (sulfide) groups is 1. The van der Waals surface area contributed by atoms with Crippen molar-refractivity contribution in [3.8, 4) is 5.69 Å². The van der Waals surface area contributed by atoms with E-state index in [1.54, 1.807) is 12.1 Å². The summed E-state index contributed by atoms with van der Waals surface area (Å²) in [6.07, 6.45) is 3.68.